The lowest BCUT2D eigenvalue weighted by Gasteiger charge is -2.32. The highest BCUT2D eigenvalue weighted by atomic mass is 32.1. The van der Waals surface area contributed by atoms with Crippen molar-refractivity contribution in [2.24, 2.45) is 5.92 Å². The maximum Gasteiger partial charge on any atom is 0.268 e. The van der Waals surface area contributed by atoms with E-state index in [2.05, 4.69) is 24.3 Å². The summed E-state index contributed by atoms with van der Waals surface area (Å²) in [6.07, 6.45) is 3.13. The standard InChI is InChI=1S/C32H32FN5O2S/c1-20-9-10-25(33)17-28(20)38-21(2)15-27(35-38)30-22(3)34-32-37(31(30)40)26(19-41-32)18-29(39)36-13-11-24(12-14-36)16-23-7-5-4-6-8-23/h4-10,15,17,19,24H,11-14,16,18H2,1-3H3. The maximum atomic E-state index is 14.0. The number of aromatic nitrogens is 4. The zero-order chi connectivity index (χ0) is 28.7. The minimum Gasteiger partial charge on any atom is -0.342 e. The Morgan fingerprint density at radius 1 is 1.05 bits per heavy atom. The summed E-state index contributed by atoms with van der Waals surface area (Å²) in [7, 11) is 0. The third kappa shape index (κ3) is 5.34. The van der Waals surface area contributed by atoms with Crippen LogP contribution in [-0.4, -0.2) is 43.1 Å². The average molecular weight is 570 g/mol. The fraction of sp³-hybridized carbons (Fsp3) is 0.312. The van der Waals surface area contributed by atoms with Gasteiger partial charge in [-0.15, -0.1) is 11.3 Å². The molecule has 0 unspecified atom stereocenters. The molecule has 9 heteroatoms. The summed E-state index contributed by atoms with van der Waals surface area (Å²) >= 11 is 1.36. The Morgan fingerprint density at radius 3 is 2.56 bits per heavy atom. The van der Waals surface area contributed by atoms with E-state index in [0.717, 1.165) is 43.6 Å². The Hall–Kier alpha value is -4.11. The topological polar surface area (TPSA) is 72.5 Å². The number of halogens is 1. The molecular weight excluding hydrogens is 537 g/mol. The molecule has 41 heavy (non-hydrogen) atoms. The quantitative estimate of drug-likeness (QED) is 0.263. The minimum atomic E-state index is -0.352. The van der Waals surface area contributed by atoms with Gasteiger partial charge >= 0.3 is 0 Å². The first-order chi connectivity index (χ1) is 19.8. The highest BCUT2D eigenvalue weighted by Crippen LogP contribution is 2.26. The molecule has 7 nitrogen and oxygen atoms in total. The molecule has 1 saturated heterocycles. The molecule has 1 aliphatic rings. The van der Waals surface area contributed by atoms with Crippen LogP contribution in [0.5, 0.6) is 0 Å². The number of nitrogens with zero attached hydrogens (tertiary/aromatic N) is 5. The number of fused-ring (bicyclic) bond motifs is 1. The lowest BCUT2D eigenvalue weighted by atomic mass is 9.90. The van der Waals surface area contributed by atoms with Gasteiger partial charge in [-0.2, -0.15) is 5.10 Å². The molecule has 0 radical (unpaired) electrons. The number of hydrogen-bond acceptors (Lipinski definition) is 5. The van der Waals surface area contributed by atoms with Crippen LogP contribution in [-0.2, 0) is 17.6 Å². The van der Waals surface area contributed by atoms with Crippen LogP contribution in [0.25, 0.3) is 21.9 Å². The highest BCUT2D eigenvalue weighted by Gasteiger charge is 2.25. The van der Waals surface area contributed by atoms with Gasteiger partial charge in [0.25, 0.3) is 5.56 Å². The number of carbonyl (C=O) groups excluding carboxylic acids is 1. The van der Waals surface area contributed by atoms with E-state index in [1.54, 1.807) is 22.1 Å². The summed E-state index contributed by atoms with van der Waals surface area (Å²) in [5.74, 6) is 0.244. The van der Waals surface area contributed by atoms with Crippen molar-refractivity contribution in [1.29, 1.82) is 0 Å². The van der Waals surface area contributed by atoms with Gasteiger partial charge in [-0.25, -0.2) is 14.1 Å². The van der Waals surface area contributed by atoms with Gasteiger partial charge in [0.2, 0.25) is 5.91 Å². The normalized spacial score (nSPS) is 14.2. The van der Waals surface area contributed by atoms with E-state index >= 15 is 0 Å². The number of thiazole rings is 1. The number of aryl methyl sites for hydroxylation is 3. The number of carbonyl (C=O) groups is 1. The summed E-state index contributed by atoms with van der Waals surface area (Å²) in [6.45, 7) is 7.02. The monoisotopic (exact) mass is 569 g/mol. The predicted octanol–water partition coefficient (Wildman–Crippen LogP) is 5.70. The zero-order valence-electron chi connectivity index (χ0n) is 23.4. The molecule has 1 fully saturated rings. The number of piperidine rings is 1. The van der Waals surface area contributed by atoms with Crippen LogP contribution in [0.15, 0.2) is 64.8 Å². The smallest absolute Gasteiger partial charge is 0.268 e. The molecular formula is C32H32FN5O2S. The fourth-order valence-corrected chi connectivity index (χ4v) is 6.70. The average Bonchev–Trinajstić information content (AvgIpc) is 3.54. The van der Waals surface area contributed by atoms with Crippen molar-refractivity contribution in [3.8, 4) is 16.9 Å². The van der Waals surface area contributed by atoms with E-state index < -0.39 is 0 Å². The Bertz CT molecular complexity index is 1800. The molecule has 0 N–H and O–H groups in total. The third-order valence-electron chi connectivity index (χ3n) is 8.03. The van der Waals surface area contributed by atoms with Gasteiger partial charge in [-0.1, -0.05) is 36.4 Å². The lowest BCUT2D eigenvalue weighted by molar-refractivity contribution is -0.131. The third-order valence-corrected chi connectivity index (χ3v) is 8.91. The van der Waals surface area contributed by atoms with E-state index in [-0.39, 0.29) is 23.7 Å². The van der Waals surface area contributed by atoms with Crippen LogP contribution in [0, 0.1) is 32.5 Å². The molecule has 0 spiro atoms. The number of likely N-dealkylation sites (tertiary alicyclic amines) is 1. The van der Waals surface area contributed by atoms with Gasteiger partial charge in [-0.05, 0) is 75.3 Å². The summed E-state index contributed by atoms with van der Waals surface area (Å²) in [5, 5.41) is 6.55. The first-order valence-electron chi connectivity index (χ1n) is 13.9. The molecule has 1 amide bonds. The summed E-state index contributed by atoms with van der Waals surface area (Å²) < 4.78 is 17.2. The largest absolute Gasteiger partial charge is 0.342 e. The van der Waals surface area contributed by atoms with Crippen LogP contribution < -0.4 is 5.56 Å². The minimum absolute atomic E-state index is 0.0265. The van der Waals surface area contributed by atoms with Crippen LogP contribution >= 0.6 is 11.3 Å². The highest BCUT2D eigenvalue weighted by molar-refractivity contribution is 7.15. The summed E-state index contributed by atoms with van der Waals surface area (Å²) in [4.78, 5) is 34.4. The first-order valence-corrected chi connectivity index (χ1v) is 14.8. The van der Waals surface area contributed by atoms with Gasteiger partial charge in [0, 0.05) is 29.9 Å². The number of benzene rings is 2. The van der Waals surface area contributed by atoms with Crippen LogP contribution in [0.1, 0.15) is 41.1 Å². The molecule has 0 bridgehead atoms. The van der Waals surface area contributed by atoms with Crippen LogP contribution in [0.4, 0.5) is 4.39 Å². The van der Waals surface area contributed by atoms with E-state index in [0.29, 0.717) is 39.2 Å². The van der Waals surface area contributed by atoms with Crippen LogP contribution in [0.3, 0.4) is 0 Å². The molecule has 0 saturated carbocycles. The van der Waals surface area contributed by atoms with E-state index in [4.69, 9.17) is 10.1 Å². The Labute approximate surface area is 241 Å². The second-order valence-electron chi connectivity index (χ2n) is 10.9. The van der Waals surface area contributed by atoms with Gasteiger partial charge in [0.05, 0.1) is 23.4 Å². The number of rotatable bonds is 6. The second kappa shape index (κ2) is 11.0. The fourth-order valence-electron chi connectivity index (χ4n) is 5.78. The van der Waals surface area contributed by atoms with Crippen molar-refractivity contribution in [3.63, 3.8) is 0 Å². The Morgan fingerprint density at radius 2 is 1.80 bits per heavy atom. The molecule has 0 aliphatic carbocycles. The van der Waals surface area contributed by atoms with Gasteiger partial charge in [0.15, 0.2) is 4.96 Å². The number of amides is 1. The molecule has 5 aromatic rings. The van der Waals surface area contributed by atoms with Gasteiger partial charge in [-0.3, -0.25) is 14.0 Å². The van der Waals surface area contributed by atoms with Crippen molar-refractivity contribution in [2.75, 3.05) is 13.1 Å². The predicted molar refractivity (Wildman–Crippen MR) is 159 cm³/mol. The van der Waals surface area contributed by atoms with Gasteiger partial charge < -0.3 is 4.90 Å². The zero-order valence-corrected chi connectivity index (χ0v) is 24.2. The van der Waals surface area contributed by atoms with Crippen molar-refractivity contribution in [2.45, 2.75) is 46.5 Å². The van der Waals surface area contributed by atoms with Crippen molar-refractivity contribution in [3.05, 3.63) is 104 Å². The van der Waals surface area contributed by atoms with E-state index in [1.807, 2.05) is 36.3 Å². The molecule has 6 rings (SSSR count). The second-order valence-corrected chi connectivity index (χ2v) is 11.8. The van der Waals surface area contributed by atoms with Crippen molar-refractivity contribution >= 4 is 22.2 Å². The molecule has 0 atom stereocenters. The maximum absolute atomic E-state index is 14.0. The number of hydrogen-bond donors (Lipinski definition) is 0. The van der Waals surface area contributed by atoms with E-state index in [9.17, 15) is 14.0 Å². The first kappa shape index (κ1) is 27.1. The van der Waals surface area contributed by atoms with Crippen molar-refractivity contribution < 1.29 is 9.18 Å². The Kier molecular flexibility index (Phi) is 7.30. The molecule has 3 aromatic heterocycles. The summed E-state index contributed by atoms with van der Waals surface area (Å²) in [6, 6.07) is 16.9. The van der Waals surface area contributed by atoms with E-state index in [1.165, 1.54) is 29.0 Å². The molecule has 2 aromatic carbocycles. The Balaban J connectivity index is 1.24. The SMILES string of the molecule is Cc1ccc(F)cc1-n1nc(-c2c(C)nc3scc(CC(=O)N4CCC(Cc5ccccc5)CC4)n3c2=O)cc1C. The lowest BCUT2D eigenvalue weighted by Crippen LogP contribution is -2.40. The molecule has 210 valence electrons. The molecule has 4 heterocycles. The summed E-state index contributed by atoms with van der Waals surface area (Å²) in [5.41, 5.74) is 5.41. The van der Waals surface area contributed by atoms with Gasteiger partial charge in [0.1, 0.15) is 11.5 Å². The molecule has 1 aliphatic heterocycles. The van der Waals surface area contributed by atoms with Crippen LogP contribution in [0.2, 0.25) is 0 Å². The van der Waals surface area contributed by atoms with Crippen molar-refractivity contribution in [1.82, 2.24) is 24.1 Å².